The van der Waals surface area contributed by atoms with Crippen molar-refractivity contribution in [2.24, 2.45) is 0 Å². The normalized spacial score (nSPS) is 10.9. The number of methoxy groups -OCH3 is 2. The molecular formula is C22H22N4O2. The van der Waals surface area contributed by atoms with Gasteiger partial charge in [-0.25, -0.2) is 4.98 Å². The smallest absolute Gasteiger partial charge is 0.165 e. The minimum Gasteiger partial charge on any atom is -0.497 e. The maximum atomic E-state index is 5.56. The first-order chi connectivity index (χ1) is 13.6. The molecule has 28 heavy (non-hydrogen) atoms. The molecule has 0 aliphatic rings. The number of ether oxygens (including phenoxy) is 2. The van der Waals surface area contributed by atoms with E-state index in [0.29, 0.717) is 0 Å². The molecule has 1 N–H and O–H groups in total. The van der Waals surface area contributed by atoms with E-state index in [1.807, 2.05) is 73.0 Å². The molecule has 0 aliphatic carbocycles. The van der Waals surface area contributed by atoms with Crippen LogP contribution in [0, 0.1) is 13.8 Å². The van der Waals surface area contributed by atoms with E-state index in [0.717, 1.165) is 51.2 Å². The van der Waals surface area contributed by atoms with E-state index in [9.17, 15) is 0 Å². The molecule has 0 saturated heterocycles. The Morgan fingerprint density at radius 3 is 2.39 bits per heavy atom. The van der Waals surface area contributed by atoms with Gasteiger partial charge in [-0.05, 0) is 44.2 Å². The molecule has 0 aliphatic heterocycles. The second-order valence-electron chi connectivity index (χ2n) is 6.53. The van der Waals surface area contributed by atoms with Crippen molar-refractivity contribution in [3.05, 3.63) is 66.0 Å². The second kappa shape index (κ2) is 7.23. The Kier molecular flexibility index (Phi) is 4.61. The van der Waals surface area contributed by atoms with Gasteiger partial charge in [0.1, 0.15) is 17.3 Å². The average molecular weight is 374 g/mol. The molecule has 142 valence electrons. The van der Waals surface area contributed by atoms with Crippen molar-refractivity contribution in [1.29, 1.82) is 0 Å². The van der Waals surface area contributed by atoms with Crippen LogP contribution < -0.4 is 14.8 Å². The fourth-order valence-electron chi connectivity index (χ4n) is 3.32. The van der Waals surface area contributed by atoms with E-state index in [4.69, 9.17) is 19.6 Å². The number of benzene rings is 2. The van der Waals surface area contributed by atoms with Gasteiger partial charge < -0.3 is 14.8 Å². The van der Waals surface area contributed by atoms with Gasteiger partial charge in [0.2, 0.25) is 0 Å². The zero-order valence-corrected chi connectivity index (χ0v) is 16.4. The number of nitrogens with zero attached hydrogens (tertiary/aromatic N) is 3. The Labute approximate surface area is 163 Å². The predicted octanol–water partition coefficient (Wildman–Crippen LogP) is 4.77. The van der Waals surface area contributed by atoms with Crippen molar-refractivity contribution < 1.29 is 9.47 Å². The molecule has 0 unspecified atom stereocenters. The Hall–Kier alpha value is -3.54. The average Bonchev–Trinajstić information content (AvgIpc) is 3.04. The molecule has 4 rings (SSSR count). The fraction of sp³-hybridized carbons (Fsp3) is 0.182. The maximum Gasteiger partial charge on any atom is 0.165 e. The highest BCUT2D eigenvalue weighted by atomic mass is 16.5. The van der Waals surface area contributed by atoms with Gasteiger partial charge in [0.05, 0.1) is 25.5 Å². The number of hydrogen-bond donors (Lipinski definition) is 1. The molecule has 0 atom stereocenters. The lowest BCUT2D eigenvalue weighted by Gasteiger charge is -2.11. The highest BCUT2D eigenvalue weighted by Crippen LogP contribution is 2.35. The van der Waals surface area contributed by atoms with E-state index in [1.54, 1.807) is 14.2 Å². The van der Waals surface area contributed by atoms with Gasteiger partial charge >= 0.3 is 0 Å². The number of fused-ring (bicyclic) bond motifs is 1. The van der Waals surface area contributed by atoms with Gasteiger partial charge in [-0.3, -0.25) is 0 Å². The van der Waals surface area contributed by atoms with Crippen LogP contribution in [-0.2, 0) is 0 Å². The Morgan fingerprint density at radius 1 is 0.929 bits per heavy atom. The van der Waals surface area contributed by atoms with Gasteiger partial charge in [-0.1, -0.05) is 18.2 Å². The van der Waals surface area contributed by atoms with E-state index in [1.165, 1.54) is 0 Å². The Morgan fingerprint density at radius 2 is 1.68 bits per heavy atom. The molecule has 0 radical (unpaired) electrons. The minimum absolute atomic E-state index is 0.790. The summed E-state index contributed by atoms with van der Waals surface area (Å²) in [4.78, 5) is 4.76. The SMILES string of the molecule is COc1ccc(Nc2cc(C)nc3c(-c4ccccc4OC)c(C)nn23)cc1. The standard InChI is InChI=1S/C22H22N4O2/c1-14-13-20(24-16-9-11-17(27-3)12-10-16)26-22(23-14)21(15(2)25-26)18-7-5-6-8-19(18)28-4/h5-13,24H,1-4H3. The molecule has 0 spiro atoms. The first-order valence-corrected chi connectivity index (χ1v) is 9.02. The van der Waals surface area contributed by atoms with Gasteiger partial charge in [0.15, 0.2) is 5.65 Å². The fourth-order valence-corrected chi connectivity index (χ4v) is 3.32. The molecule has 4 aromatic rings. The summed E-state index contributed by atoms with van der Waals surface area (Å²) in [7, 11) is 3.33. The zero-order valence-electron chi connectivity index (χ0n) is 16.4. The number of nitrogens with one attached hydrogen (secondary N) is 1. The molecule has 0 bridgehead atoms. The lowest BCUT2D eigenvalue weighted by atomic mass is 10.1. The maximum absolute atomic E-state index is 5.56. The van der Waals surface area contributed by atoms with Crippen molar-refractivity contribution in [2.75, 3.05) is 19.5 Å². The first kappa shape index (κ1) is 17.9. The molecule has 2 aromatic carbocycles. The van der Waals surface area contributed by atoms with Crippen LogP contribution in [0.2, 0.25) is 0 Å². The second-order valence-corrected chi connectivity index (χ2v) is 6.53. The van der Waals surface area contributed by atoms with Gasteiger partial charge in [0.25, 0.3) is 0 Å². The van der Waals surface area contributed by atoms with E-state index < -0.39 is 0 Å². The lowest BCUT2D eigenvalue weighted by molar-refractivity contribution is 0.415. The largest absolute Gasteiger partial charge is 0.497 e. The molecule has 6 heteroatoms. The van der Waals surface area contributed by atoms with Crippen LogP contribution in [0.25, 0.3) is 16.8 Å². The summed E-state index contributed by atoms with van der Waals surface area (Å²) in [6.07, 6.45) is 0. The summed E-state index contributed by atoms with van der Waals surface area (Å²) in [5.74, 6) is 2.46. The van der Waals surface area contributed by atoms with Crippen molar-refractivity contribution in [3.63, 3.8) is 0 Å². The molecule has 6 nitrogen and oxygen atoms in total. The third kappa shape index (κ3) is 3.13. The molecule has 0 saturated carbocycles. The van der Waals surface area contributed by atoms with Crippen molar-refractivity contribution in [3.8, 4) is 22.6 Å². The number of aryl methyl sites for hydroxylation is 2. The number of anilines is 2. The highest BCUT2D eigenvalue weighted by molar-refractivity contribution is 5.84. The van der Waals surface area contributed by atoms with E-state index >= 15 is 0 Å². The summed E-state index contributed by atoms with van der Waals surface area (Å²) in [5.41, 5.74) is 5.47. The third-order valence-corrected chi connectivity index (χ3v) is 4.63. The number of aromatic nitrogens is 3. The van der Waals surface area contributed by atoms with E-state index in [-0.39, 0.29) is 0 Å². The molecule has 2 aromatic heterocycles. The van der Waals surface area contributed by atoms with Crippen LogP contribution in [0.4, 0.5) is 11.5 Å². The topological polar surface area (TPSA) is 60.7 Å². The van der Waals surface area contributed by atoms with Crippen LogP contribution in [0.3, 0.4) is 0 Å². The van der Waals surface area contributed by atoms with Crippen LogP contribution in [-0.4, -0.2) is 28.8 Å². The monoisotopic (exact) mass is 374 g/mol. The summed E-state index contributed by atoms with van der Waals surface area (Å²) < 4.78 is 12.6. The third-order valence-electron chi connectivity index (χ3n) is 4.63. The Bertz CT molecular complexity index is 1130. The summed E-state index contributed by atoms with van der Waals surface area (Å²) >= 11 is 0. The van der Waals surface area contributed by atoms with Crippen LogP contribution in [0.1, 0.15) is 11.4 Å². The number of para-hydroxylation sites is 1. The predicted molar refractivity (Wildman–Crippen MR) is 111 cm³/mol. The van der Waals surface area contributed by atoms with Crippen LogP contribution >= 0.6 is 0 Å². The van der Waals surface area contributed by atoms with Crippen molar-refractivity contribution >= 4 is 17.2 Å². The van der Waals surface area contributed by atoms with Crippen LogP contribution in [0.15, 0.2) is 54.6 Å². The first-order valence-electron chi connectivity index (χ1n) is 9.02. The molecule has 0 fully saturated rings. The zero-order chi connectivity index (χ0) is 19.7. The molecule has 2 heterocycles. The van der Waals surface area contributed by atoms with Gasteiger partial charge in [-0.2, -0.15) is 9.61 Å². The summed E-state index contributed by atoms with van der Waals surface area (Å²) in [6, 6.07) is 17.7. The quantitative estimate of drug-likeness (QED) is 0.545. The van der Waals surface area contributed by atoms with Gasteiger partial charge in [0, 0.05) is 23.0 Å². The minimum atomic E-state index is 0.790. The number of rotatable bonds is 5. The lowest BCUT2D eigenvalue weighted by Crippen LogP contribution is -2.02. The van der Waals surface area contributed by atoms with Gasteiger partial charge in [-0.15, -0.1) is 0 Å². The Balaban J connectivity index is 1.85. The molecular weight excluding hydrogens is 352 g/mol. The van der Waals surface area contributed by atoms with Crippen molar-refractivity contribution in [2.45, 2.75) is 13.8 Å². The summed E-state index contributed by atoms with van der Waals surface area (Å²) in [6.45, 7) is 3.97. The molecule has 0 amide bonds. The summed E-state index contributed by atoms with van der Waals surface area (Å²) in [5, 5.41) is 8.18. The highest BCUT2D eigenvalue weighted by Gasteiger charge is 2.18. The van der Waals surface area contributed by atoms with E-state index in [2.05, 4.69) is 5.32 Å². The number of hydrogen-bond acceptors (Lipinski definition) is 5. The van der Waals surface area contributed by atoms with Crippen molar-refractivity contribution in [1.82, 2.24) is 14.6 Å². The van der Waals surface area contributed by atoms with Crippen LogP contribution in [0.5, 0.6) is 11.5 Å².